The Labute approximate surface area is 139 Å². The summed E-state index contributed by atoms with van der Waals surface area (Å²) in [6.45, 7) is 3.15. The van der Waals surface area contributed by atoms with Crippen LogP contribution in [-0.4, -0.2) is 24.6 Å². The zero-order valence-electron chi connectivity index (χ0n) is 13.6. The average Bonchev–Trinajstić information content (AvgIpc) is 2.56. The van der Waals surface area contributed by atoms with Crippen LogP contribution in [0.5, 0.6) is 5.75 Å². The van der Waals surface area contributed by atoms with Gasteiger partial charge in [0.1, 0.15) is 11.6 Å². The molecule has 24 heavy (non-hydrogen) atoms. The van der Waals surface area contributed by atoms with Crippen molar-refractivity contribution in [3.63, 3.8) is 0 Å². The van der Waals surface area contributed by atoms with Crippen molar-refractivity contribution in [1.82, 2.24) is 0 Å². The summed E-state index contributed by atoms with van der Waals surface area (Å²) < 4.78 is 23.3. The van der Waals surface area contributed by atoms with Gasteiger partial charge in [0.05, 0.1) is 18.4 Å². The summed E-state index contributed by atoms with van der Waals surface area (Å²) in [5.41, 5.74) is -0.669. The molecule has 5 nitrogen and oxygen atoms in total. The Bertz CT molecular complexity index is 741. The Morgan fingerprint density at radius 2 is 1.67 bits per heavy atom. The van der Waals surface area contributed by atoms with Gasteiger partial charge in [-0.2, -0.15) is 0 Å². The van der Waals surface area contributed by atoms with E-state index < -0.39 is 23.3 Å². The maximum atomic E-state index is 12.9. The summed E-state index contributed by atoms with van der Waals surface area (Å²) >= 11 is 0. The Morgan fingerprint density at radius 1 is 1.04 bits per heavy atom. The standard InChI is InChI=1S/C18H18FNO4/c1-18(2,24-13-10-8-12(19)9-11-13)17(22)20-15-7-5-4-6-14(15)16(21)23-3/h4-11H,1-3H3,(H,20,22). The Morgan fingerprint density at radius 3 is 2.29 bits per heavy atom. The highest BCUT2D eigenvalue weighted by atomic mass is 19.1. The molecule has 0 saturated heterocycles. The smallest absolute Gasteiger partial charge is 0.339 e. The number of halogens is 1. The van der Waals surface area contributed by atoms with E-state index in [1.807, 2.05) is 0 Å². The largest absolute Gasteiger partial charge is 0.478 e. The van der Waals surface area contributed by atoms with E-state index in [0.29, 0.717) is 11.4 Å². The van der Waals surface area contributed by atoms with Crippen molar-refractivity contribution < 1.29 is 23.5 Å². The fourth-order valence-corrected chi connectivity index (χ4v) is 2.00. The number of carbonyl (C=O) groups is 2. The molecule has 2 aromatic rings. The van der Waals surface area contributed by atoms with Crippen LogP contribution in [0.3, 0.4) is 0 Å². The number of ether oxygens (including phenoxy) is 2. The number of benzene rings is 2. The van der Waals surface area contributed by atoms with E-state index in [4.69, 9.17) is 9.47 Å². The highest BCUT2D eigenvalue weighted by Crippen LogP contribution is 2.22. The molecule has 6 heteroatoms. The van der Waals surface area contributed by atoms with Gasteiger partial charge in [-0.3, -0.25) is 4.79 Å². The summed E-state index contributed by atoms with van der Waals surface area (Å²) in [4.78, 5) is 24.3. The van der Waals surface area contributed by atoms with Crippen LogP contribution >= 0.6 is 0 Å². The highest BCUT2D eigenvalue weighted by molar-refractivity contribution is 6.03. The zero-order chi connectivity index (χ0) is 17.7. The number of anilines is 1. The van der Waals surface area contributed by atoms with Gasteiger partial charge in [0.15, 0.2) is 5.60 Å². The molecule has 1 N–H and O–H groups in total. The van der Waals surface area contributed by atoms with Gasteiger partial charge < -0.3 is 14.8 Å². The van der Waals surface area contributed by atoms with E-state index in [1.165, 1.54) is 31.4 Å². The number of rotatable bonds is 5. The van der Waals surface area contributed by atoms with E-state index in [2.05, 4.69) is 5.32 Å². The van der Waals surface area contributed by atoms with Gasteiger partial charge in [-0.05, 0) is 50.2 Å². The SMILES string of the molecule is COC(=O)c1ccccc1NC(=O)C(C)(C)Oc1ccc(F)cc1. The normalized spacial score (nSPS) is 10.8. The van der Waals surface area contributed by atoms with Crippen LogP contribution in [0.15, 0.2) is 48.5 Å². The van der Waals surface area contributed by atoms with Crippen molar-refractivity contribution in [3.8, 4) is 5.75 Å². The zero-order valence-corrected chi connectivity index (χ0v) is 13.6. The lowest BCUT2D eigenvalue weighted by Crippen LogP contribution is -2.42. The van der Waals surface area contributed by atoms with E-state index in [-0.39, 0.29) is 5.56 Å². The van der Waals surface area contributed by atoms with Crippen molar-refractivity contribution in [2.45, 2.75) is 19.4 Å². The van der Waals surface area contributed by atoms with Gasteiger partial charge in [0.2, 0.25) is 0 Å². The molecule has 0 aliphatic rings. The van der Waals surface area contributed by atoms with Crippen LogP contribution in [0.25, 0.3) is 0 Å². The van der Waals surface area contributed by atoms with Gasteiger partial charge >= 0.3 is 5.97 Å². The molecule has 0 heterocycles. The highest BCUT2D eigenvalue weighted by Gasteiger charge is 2.31. The first-order valence-electron chi connectivity index (χ1n) is 7.27. The number of esters is 1. The lowest BCUT2D eigenvalue weighted by molar-refractivity contribution is -0.128. The molecule has 0 radical (unpaired) electrons. The summed E-state index contributed by atoms with van der Waals surface area (Å²) in [5.74, 6) is -1.04. The first-order chi connectivity index (χ1) is 11.3. The van der Waals surface area contributed by atoms with E-state index in [9.17, 15) is 14.0 Å². The van der Waals surface area contributed by atoms with Crippen LogP contribution in [0.2, 0.25) is 0 Å². The first kappa shape index (κ1) is 17.5. The quantitative estimate of drug-likeness (QED) is 0.853. The summed E-state index contributed by atoms with van der Waals surface area (Å²) in [7, 11) is 1.27. The van der Waals surface area contributed by atoms with Crippen molar-refractivity contribution >= 4 is 17.6 Å². The molecule has 0 aliphatic heterocycles. The fourth-order valence-electron chi connectivity index (χ4n) is 2.00. The van der Waals surface area contributed by atoms with Crippen molar-refractivity contribution in [3.05, 3.63) is 59.9 Å². The molecule has 126 valence electrons. The molecule has 0 fully saturated rings. The first-order valence-corrected chi connectivity index (χ1v) is 7.27. The number of carbonyl (C=O) groups excluding carboxylic acids is 2. The van der Waals surface area contributed by atoms with E-state index in [1.54, 1.807) is 38.1 Å². The molecule has 0 aromatic heterocycles. The lowest BCUT2D eigenvalue weighted by Gasteiger charge is -2.25. The van der Waals surface area contributed by atoms with Crippen LogP contribution < -0.4 is 10.1 Å². The van der Waals surface area contributed by atoms with E-state index in [0.717, 1.165) is 0 Å². The lowest BCUT2D eigenvalue weighted by atomic mass is 10.1. The molecule has 1 amide bonds. The molecular weight excluding hydrogens is 313 g/mol. The maximum absolute atomic E-state index is 12.9. The van der Waals surface area contributed by atoms with Gasteiger partial charge in [-0.15, -0.1) is 0 Å². The topological polar surface area (TPSA) is 64.6 Å². The minimum absolute atomic E-state index is 0.242. The number of hydrogen-bond acceptors (Lipinski definition) is 4. The van der Waals surface area contributed by atoms with Crippen LogP contribution in [0.4, 0.5) is 10.1 Å². The van der Waals surface area contributed by atoms with Gasteiger partial charge in [0, 0.05) is 0 Å². The molecule has 0 unspecified atom stereocenters. The Kier molecular flexibility index (Phi) is 5.18. The molecule has 2 rings (SSSR count). The van der Waals surface area contributed by atoms with Crippen molar-refractivity contribution in [2.75, 3.05) is 12.4 Å². The Balaban J connectivity index is 2.16. The van der Waals surface area contributed by atoms with Gasteiger partial charge in [0.25, 0.3) is 5.91 Å². The summed E-state index contributed by atoms with van der Waals surface area (Å²) in [6, 6.07) is 11.9. The molecular formula is C18H18FNO4. The number of hydrogen-bond donors (Lipinski definition) is 1. The molecule has 0 bridgehead atoms. The van der Waals surface area contributed by atoms with Crippen molar-refractivity contribution in [1.29, 1.82) is 0 Å². The molecule has 0 saturated carbocycles. The van der Waals surface area contributed by atoms with Gasteiger partial charge in [-0.1, -0.05) is 12.1 Å². The molecule has 0 aliphatic carbocycles. The summed E-state index contributed by atoms with van der Waals surface area (Å²) in [6.07, 6.45) is 0. The molecule has 2 aromatic carbocycles. The summed E-state index contributed by atoms with van der Waals surface area (Å²) in [5, 5.41) is 2.66. The predicted molar refractivity (Wildman–Crippen MR) is 87.5 cm³/mol. The van der Waals surface area contributed by atoms with Gasteiger partial charge in [-0.25, -0.2) is 9.18 Å². The van der Waals surface area contributed by atoms with Crippen LogP contribution in [-0.2, 0) is 9.53 Å². The predicted octanol–water partition coefficient (Wildman–Crippen LogP) is 3.41. The van der Waals surface area contributed by atoms with Crippen LogP contribution in [0.1, 0.15) is 24.2 Å². The fraction of sp³-hybridized carbons (Fsp3) is 0.222. The average molecular weight is 331 g/mol. The second-order valence-corrected chi connectivity index (χ2v) is 5.56. The van der Waals surface area contributed by atoms with E-state index >= 15 is 0 Å². The number of nitrogens with one attached hydrogen (secondary N) is 1. The monoisotopic (exact) mass is 331 g/mol. The molecule has 0 atom stereocenters. The second-order valence-electron chi connectivity index (χ2n) is 5.56. The maximum Gasteiger partial charge on any atom is 0.339 e. The van der Waals surface area contributed by atoms with Crippen molar-refractivity contribution in [2.24, 2.45) is 0 Å². The molecule has 0 spiro atoms. The minimum atomic E-state index is -1.24. The minimum Gasteiger partial charge on any atom is -0.478 e. The third-order valence-electron chi connectivity index (χ3n) is 3.31. The number of para-hydroxylation sites is 1. The third kappa shape index (κ3) is 4.10. The Hall–Kier alpha value is -2.89. The van der Waals surface area contributed by atoms with Crippen LogP contribution in [0, 0.1) is 5.82 Å². The number of amides is 1. The third-order valence-corrected chi connectivity index (χ3v) is 3.31. The number of methoxy groups -OCH3 is 1. The second kappa shape index (κ2) is 7.12.